The van der Waals surface area contributed by atoms with Gasteiger partial charge < -0.3 is 16.2 Å². The molecular formula is C13H20N2O. The van der Waals surface area contributed by atoms with Crippen LogP contribution in [0.3, 0.4) is 0 Å². The number of nitrogens with two attached hydrogens (primary N) is 1. The second-order valence-corrected chi connectivity index (χ2v) is 4.48. The van der Waals surface area contributed by atoms with E-state index in [0.717, 1.165) is 12.8 Å². The van der Waals surface area contributed by atoms with Crippen LogP contribution in [0.15, 0.2) is 24.3 Å². The SMILES string of the molecule is CC[C@@H](CO)NC1CC(N)c2ccccc21. The Morgan fingerprint density at radius 3 is 2.75 bits per heavy atom. The summed E-state index contributed by atoms with van der Waals surface area (Å²) in [5.41, 5.74) is 8.63. The quantitative estimate of drug-likeness (QED) is 0.720. The zero-order valence-electron chi connectivity index (χ0n) is 9.69. The number of hydrogen-bond acceptors (Lipinski definition) is 3. The van der Waals surface area contributed by atoms with Gasteiger partial charge in [-0.3, -0.25) is 0 Å². The molecule has 3 nitrogen and oxygen atoms in total. The summed E-state index contributed by atoms with van der Waals surface area (Å²) in [6.07, 6.45) is 1.86. The fourth-order valence-electron chi connectivity index (χ4n) is 2.42. The van der Waals surface area contributed by atoms with Crippen LogP contribution in [0.5, 0.6) is 0 Å². The molecule has 16 heavy (non-hydrogen) atoms. The summed E-state index contributed by atoms with van der Waals surface area (Å²) in [6, 6.07) is 8.90. The van der Waals surface area contributed by atoms with Crippen molar-refractivity contribution in [1.29, 1.82) is 0 Å². The minimum Gasteiger partial charge on any atom is -0.395 e. The fourth-order valence-corrected chi connectivity index (χ4v) is 2.42. The van der Waals surface area contributed by atoms with Crippen molar-refractivity contribution in [2.75, 3.05) is 6.61 Å². The predicted octanol–water partition coefficient (Wildman–Crippen LogP) is 1.49. The summed E-state index contributed by atoms with van der Waals surface area (Å²) in [6.45, 7) is 2.26. The van der Waals surface area contributed by atoms with Gasteiger partial charge in [-0.25, -0.2) is 0 Å². The summed E-state index contributed by atoms with van der Waals surface area (Å²) in [5.74, 6) is 0. The molecule has 4 N–H and O–H groups in total. The molecule has 0 radical (unpaired) electrons. The first-order valence-electron chi connectivity index (χ1n) is 5.97. The van der Waals surface area contributed by atoms with E-state index in [-0.39, 0.29) is 18.7 Å². The van der Waals surface area contributed by atoms with Crippen molar-refractivity contribution in [2.45, 2.75) is 37.9 Å². The number of fused-ring (bicyclic) bond motifs is 1. The summed E-state index contributed by atoms with van der Waals surface area (Å²) < 4.78 is 0. The maximum absolute atomic E-state index is 9.21. The number of aliphatic hydroxyl groups is 1. The second kappa shape index (κ2) is 4.95. The molecule has 0 spiro atoms. The van der Waals surface area contributed by atoms with Crippen LogP contribution in [0.2, 0.25) is 0 Å². The number of benzene rings is 1. The van der Waals surface area contributed by atoms with Gasteiger partial charge in [-0.05, 0) is 24.0 Å². The Morgan fingerprint density at radius 2 is 2.12 bits per heavy atom. The molecule has 0 bridgehead atoms. The normalized spacial score (nSPS) is 25.4. The maximum Gasteiger partial charge on any atom is 0.0584 e. The zero-order valence-corrected chi connectivity index (χ0v) is 9.69. The molecule has 1 aliphatic carbocycles. The zero-order chi connectivity index (χ0) is 11.5. The van der Waals surface area contributed by atoms with Crippen LogP contribution in [-0.2, 0) is 0 Å². The molecule has 0 amide bonds. The maximum atomic E-state index is 9.21. The molecule has 2 rings (SSSR count). The molecule has 0 saturated carbocycles. The Morgan fingerprint density at radius 1 is 1.44 bits per heavy atom. The molecule has 1 aromatic carbocycles. The Hall–Kier alpha value is -0.900. The topological polar surface area (TPSA) is 58.3 Å². The van der Waals surface area contributed by atoms with E-state index in [1.165, 1.54) is 11.1 Å². The molecule has 3 atom stereocenters. The van der Waals surface area contributed by atoms with E-state index in [2.05, 4.69) is 24.4 Å². The Kier molecular flexibility index (Phi) is 3.59. The molecule has 0 heterocycles. The lowest BCUT2D eigenvalue weighted by molar-refractivity contribution is 0.226. The summed E-state index contributed by atoms with van der Waals surface area (Å²) >= 11 is 0. The number of nitrogens with one attached hydrogen (secondary N) is 1. The molecule has 88 valence electrons. The van der Waals surface area contributed by atoms with Crippen molar-refractivity contribution in [1.82, 2.24) is 5.32 Å². The van der Waals surface area contributed by atoms with Crippen molar-refractivity contribution in [2.24, 2.45) is 5.73 Å². The third-order valence-electron chi connectivity index (χ3n) is 3.41. The van der Waals surface area contributed by atoms with Crippen LogP contribution >= 0.6 is 0 Å². The lowest BCUT2D eigenvalue weighted by Crippen LogP contribution is -2.34. The van der Waals surface area contributed by atoms with Crippen LogP contribution in [0.1, 0.15) is 43.0 Å². The third-order valence-corrected chi connectivity index (χ3v) is 3.41. The smallest absolute Gasteiger partial charge is 0.0584 e. The van der Waals surface area contributed by atoms with Crippen molar-refractivity contribution < 1.29 is 5.11 Å². The van der Waals surface area contributed by atoms with E-state index in [0.29, 0.717) is 6.04 Å². The van der Waals surface area contributed by atoms with E-state index < -0.39 is 0 Å². The lowest BCUT2D eigenvalue weighted by Gasteiger charge is -2.20. The first-order valence-corrected chi connectivity index (χ1v) is 5.97. The fraction of sp³-hybridized carbons (Fsp3) is 0.538. The van der Waals surface area contributed by atoms with Crippen molar-refractivity contribution >= 4 is 0 Å². The molecule has 2 unspecified atom stereocenters. The van der Waals surface area contributed by atoms with Gasteiger partial charge in [0.2, 0.25) is 0 Å². The predicted molar refractivity (Wildman–Crippen MR) is 65.0 cm³/mol. The minimum atomic E-state index is 0.130. The minimum absolute atomic E-state index is 0.130. The van der Waals surface area contributed by atoms with Gasteiger partial charge in [0, 0.05) is 18.1 Å². The molecule has 1 aromatic rings. The van der Waals surface area contributed by atoms with Crippen molar-refractivity contribution in [3.05, 3.63) is 35.4 Å². The van der Waals surface area contributed by atoms with Crippen LogP contribution in [-0.4, -0.2) is 17.8 Å². The molecule has 0 saturated heterocycles. The van der Waals surface area contributed by atoms with Crippen LogP contribution in [0.25, 0.3) is 0 Å². The largest absolute Gasteiger partial charge is 0.395 e. The van der Waals surface area contributed by atoms with E-state index in [1.54, 1.807) is 0 Å². The molecule has 3 heteroatoms. The molecule has 0 aromatic heterocycles. The first kappa shape index (κ1) is 11.6. The third kappa shape index (κ3) is 2.12. The van der Waals surface area contributed by atoms with Crippen molar-refractivity contribution in [3.8, 4) is 0 Å². The van der Waals surface area contributed by atoms with E-state index in [9.17, 15) is 5.11 Å². The van der Waals surface area contributed by atoms with Gasteiger partial charge in [-0.15, -0.1) is 0 Å². The Labute approximate surface area is 96.7 Å². The lowest BCUT2D eigenvalue weighted by atomic mass is 10.1. The molecule has 0 aliphatic heterocycles. The standard InChI is InChI=1S/C13H20N2O/c1-2-9(8-16)15-13-7-12(14)10-5-3-4-6-11(10)13/h3-6,9,12-13,15-16H,2,7-8,14H2,1H3/t9-,12?,13?/m0/s1. The monoisotopic (exact) mass is 220 g/mol. The Bertz CT molecular complexity index is 350. The van der Waals surface area contributed by atoms with Crippen LogP contribution < -0.4 is 11.1 Å². The van der Waals surface area contributed by atoms with Gasteiger partial charge in [0.1, 0.15) is 0 Å². The first-order chi connectivity index (χ1) is 7.76. The van der Waals surface area contributed by atoms with Gasteiger partial charge in [-0.1, -0.05) is 31.2 Å². The van der Waals surface area contributed by atoms with Gasteiger partial charge in [0.15, 0.2) is 0 Å². The van der Waals surface area contributed by atoms with Gasteiger partial charge in [0.25, 0.3) is 0 Å². The summed E-state index contributed by atoms with van der Waals surface area (Å²) in [5, 5.41) is 12.7. The number of aliphatic hydroxyl groups excluding tert-OH is 1. The number of rotatable bonds is 4. The average molecular weight is 220 g/mol. The van der Waals surface area contributed by atoms with Gasteiger partial charge >= 0.3 is 0 Å². The van der Waals surface area contributed by atoms with E-state index in [4.69, 9.17) is 5.73 Å². The van der Waals surface area contributed by atoms with E-state index >= 15 is 0 Å². The Balaban J connectivity index is 2.14. The van der Waals surface area contributed by atoms with Gasteiger partial charge in [0.05, 0.1) is 6.61 Å². The second-order valence-electron chi connectivity index (χ2n) is 4.48. The average Bonchev–Trinajstić information content (AvgIpc) is 2.64. The highest BCUT2D eigenvalue weighted by Gasteiger charge is 2.28. The van der Waals surface area contributed by atoms with Crippen LogP contribution in [0.4, 0.5) is 0 Å². The highest BCUT2D eigenvalue weighted by atomic mass is 16.3. The molecule has 0 fully saturated rings. The highest BCUT2D eigenvalue weighted by molar-refractivity contribution is 5.37. The summed E-state index contributed by atoms with van der Waals surface area (Å²) in [7, 11) is 0. The summed E-state index contributed by atoms with van der Waals surface area (Å²) in [4.78, 5) is 0. The highest BCUT2D eigenvalue weighted by Crippen LogP contribution is 2.37. The van der Waals surface area contributed by atoms with Crippen LogP contribution in [0, 0.1) is 0 Å². The molecular weight excluding hydrogens is 200 g/mol. The van der Waals surface area contributed by atoms with Crippen molar-refractivity contribution in [3.63, 3.8) is 0 Å². The molecule has 1 aliphatic rings. The number of hydrogen-bond donors (Lipinski definition) is 3. The van der Waals surface area contributed by atoms with Gasteiger partial charge in [-0.2, -0.15) is 0 Å². The van der Waals surface area contributed by atoms with E-state index in [1.807, 2.05) is 12.1 Å².